The molecule has 5 heteroatoms. The first-order chi connectivity index (χ1) is 11.1. The van der Waals surface area contributed by atoms with Gasteiger partial charge in [0.15, 0.2) is 0 Å². The summed E-state index contributed by atoms with van der Waals surface area (Å²) >= 11 is 0. The van der Waals surface area contributed by atoms with Crippen molar-refractivity contribution in [3.8, 4) is 0 Å². The highest BCUT2D eigenvalue weighted by atomic mass is 17.2. The van der Waals surface area contributed by atoms with E-state index in [1.54, 1.807) is 6.92 Å². The SMILES string of the molecule is CC(C(=O)OOCC(O)CO)c1ccc(C2=CCCCC2)cc1. The summed E-state index contributed by atoms with van der Waals surface area (Å²) in [6.07, 6.45) is 5.97. The number of carbonyl (C=O) groups is 1. The Hall–Kier alpha value is -1.69. The third-order valence-corrected chi connectivity index (χ3v) is 4.04. The van der Waals surface area contributed by atoms with Gasteiger partial charge in [0.1, 0.15) is 12.7 Å². The van der Waals surface area contributed by atoms with Crippen molar-refractivity contribution in [2.24, 2.45) is 0 Å². The van der Waals surface area contributed by atoms with Crippen molar-refractivity contribution >= 4 is 11.5 Å². The van der Waals surface area contributed by atoms with E-state index >= 15 is 0 Å². The lowest BCUT2D eigenvalue weighted by molar-refractivity contribution is -0.283. The maximum atomic E-state index is 11.9. The largest absolute Gasteiger partial charge is 0.394 e. The van der Waals surface area contributed by atoms with Crippen molar-refractivity contribution in [1.82, 2.24) is 0 Å². The highest BCUT2D eigenvalue weighted by molar-refractivity contribution is 5.77. The maximum Gasteiger partial charge on any atom is 0.349 e. The van der Waals surface area contributed by atoms with Gasteiger partial charge in [-0.15, -0.1) is 0 Å². The Morgan fingerprint density at radius 3 is 2.61 bits per heavy atom. The number of hydrogen-bond acceptors (Lipinski definition) is 5. The fourth-order valence-corrected chi connectivity index (χ4v) is 2.52. The molecule has 0 bridgehead atoms. The number of benzene rings is 1. The van der Waals surface area contributed by atoms with Gasteiger partial charge >= 0.3 is 5.97 Å². The zero-order chi connectivity index (χ0) is 16.7. The summed E-state index contributed by atoms with van der Waals surface area (Å²) < 4.78 is 0. The number of aliphatic hydroxyl groups is 2. The molecule has 2 N–H and O–H groups in total. The van der Waals surface area contributed by atoms with Crippen LogP contribution in [0.2, 0.25) is 0 Å². The number of rotatable bonds is 7. The molecular weight excluding hydrogens is 296 g/mol. The van der Waals surface area contributed by atoms with Gasteiger partial charge in [0.2, 0.25) is 0 Å². The number of carbonyl (C=O) groups excluding carboxylic acids is 1. The third kappa shape index (κ3) is 5.16. The normalized spacial score (nSPS) is 17.3. The van der Waals surface area contributed by atoms with Crippen molar-refractivity contribution in [3.05, 3.63) is 41.5 Å². The number of hydrogen-bond donors (Lipinski definition) is 2. The summed E-state index contributed by atoms with van der Waals surface area (Å²) in [5.74, 6) is -0.990. The number of allylic oxidation sites excluding steroid dienone is 2. The minimum atomic E-state index is -1.05. The molecule has 1 aromatic carbocycles. The first-order valence-electron chi connectivity index (χ1n) is 8.03. The van der Waals surface area contributed by atoms with Gasteiger partial charge in [-0.2, -0.15) is 4.89 Å². The van der Waals surface area contributed by atoms with Gasteiger partial charge < -0.3 is 10.2 Å². The summed E-state index contributed by atoms with van der Waals surface area (Å²) in [4.78, 5) is 21.2. The average Bonchev–Trinajstić information content (AvgIpc) is 2.61. The van der Waals surface area contributed by atoms with Crippen LogP contribution >= 0.6 is 0 Å². The molecule has 1 aliphatic rings. The predicted octanol–water partition coefficient (Wildman–Crippen LogP) is 2.58. The van der Waals surface area contributed by atoms with Gasteiger partial charge in [-0.05, 0) is 49.3 Å². The fraction of sp³-hybridized carbons (Fsp3) is 0.500. The summed E-state index contributed by atoms with van der Waals surface area (Å²) in [7, 11) is 0. The molecule has 0 aromatic heterocycles. The van der Waals surface area contributed by atoms with E-state index in [1.165, 1.54) is 24.0 Å². The van der Waals surface area contributed by atoms with E-state index in [-0.39, 0.29) is 6.61 Å². The van der Waals surface area contributed by atoms with Crippen LogP contribution in [0, 0.1) is 0 Å². The highest BCUT2D eigenvalue weighted by Crippen LogP contribution is 2.28. The second-order valence-corrected chi connectivity index (χ2v) is 5.84. The van der Waals surface area contributed by atoms with Gasteiger partial charge in [0.25, 0.3) is 0 Å². The first-order valence-corrected chi connectivity index (χ1v) is 8.03. The van der Waals surface area contributed by atoms with Gasteiger partial charge in [-0.25, -0.2) is 4.79 Å². The second-order valence-electron chi connectivity index (χ2n) is 5.84. The Balaban J connectivity index is 1.90. The van der Waals surface area contributed by atoms with Crippen molar-refractivity contribution in [2.45, 2.75) is 44.6 Å². The molecule has 0 heterocycles. The quantitative estimate of drug-likeness (QED) is 0.596. The van der Waals surface area contributed by atoms with Crippen LogP contribution in [0.4, 0.5) is 0 Å². The van der Waals surface area contributed by atoms with Crippen LogP contribution in [-0.2, 0) is 14.6 Å². The molecule has 126 valence electrons. The van der Waals surface area contributed by atoms with Crippen LogP contribution in [-0.4, -0.2) is 35.5 Å². The lowest BCUT2D eigenvalue weighted by atomic mass is 9.92. The van der Waals surface area contributed by atoms with Crippen molar-refractivity contribution in [2.75, 3.05) is 13.2 Å². The van der Waals surface area contributed by atoms with Gasteiger partial charge in [0.05, 0.1) is 12.5 Å². The van der Waals surface area contributed by atoms with Crippen LogP contribution in [0.15, 0.2) is 30.3 Å². The second kappa shape index (κ2) is 8.82. The molecule has 2 atom stereocenters. The topological polar surface area (TPSA) is 76.0 Å². The van der Waals surface area contributed by atoms with Crippen LogP contribution in [0.5, 0.6) is 0 Å². The molecule has 0 aliphatic heterocycles. The molecule has 0 saturated carbocycles. The molecule has 0 spiro atoms. The Morgan fingerprint density at radius 2 is 2.00 bits per heavy atom. The maximum absolute atomic E-state index is 11.9. The smallest absolute Gasteiger partial charge is 0.349 e. The minimum Gasteiger partial charge on any atom is -0.394 e. The first kappa shape index (κ1) is 17.7. The van der Waals surface area contributed by atoms with Crippen LogP contribution in [0.25, 0.3) is 5.57 Å². The van der Waals surface area contributed by atoms with E-state index in [9.17, 15) is 4.79 Å². The summed E-state index contributed by atoms with van der Waals surface area (Å²) in [6, 6.07) is 7.93. The standard InChI is InChI=1S/C18H24O5/c1-13(18(21)23-22-12-17(20)11-19)14-7-9-16(10-8-14)15-5-3-2-4-6-15/h5,7-10,13,17,19-20H,2-4,6,11-12H2,1H3. The Kier molecular flexibility index (Phi) is 6.77. The summed E-state index contributed by atoms with van der Waals surface area (Å²) in [6.45, 7) is 1.05. The zero-order valence-electron chi connectivity index (χ0n) is 13.4. The van der Waals surface area contributed by atoms with Crippen molar-refractivity contribution in [3.63, 3.8) is 0 Å². The van der Waals surface area contributed by atoms with Gasteiger partial charge in [0, 0.05) is 0 Å². The van der Waals surface area contributed by atoms with E-state index in [0.29, 0.717) is 0 Å². The van der Waals surface area contributed by atoms with E-state index in [1.807, 2.05) is 24.3 Å². The summed E-state index contributed by atoms with van der Waals surface area (Å²) in [5, 5.41) is 17.8. The molecular formula is C18H24O5. The van der Waals surface area contributed by atoms with Crippen LogP contribution in [0.1, 0.15) is 49.7 Å². The monoisotopic (exact) mass is 320 g/mol. The zero-order valence-corrected chi connectivity index (χ0v) is 13.4. The highest BCUT2D eigenvalue weighted by Gasteiger charge is 2.19. The Morgan fingerprint density at radius 1 is 1.26 bits per heavy atom. The number of aliphatic hydroxyl groups excluding tert-OH is 2. The van der Waals surface area contributed by atoms with E-state index in [0.717, 1.165) is 18.4 Å². The molecule has 1 aliphatic carbocycles. The third-order valence-electron chi connectivity index (χ3n) is 4.04. The van der Waals surface area contributed by atoms with Crippen molar-refractivity contribution < 1.29 is 24.8 Å². The molecule has 0 radical (unpaired) electrons. The van der Waals surface area contributed by atoms with E-state index in [2.05, 4.69) is 15.9 Å². The molecule has 2 rings (SSSR count). The Labute approximate surface area is 136 Å². The van der Waals surface area contributed by atoms with Crippen LogP contribution < -0.4 is 0 Å². The molecule has 0 amide bonds. The minimum absolute atomic E-state index is 0.248. The summed E-state index contributed by atoms with van der Waals surface area (Å²) in [5.41, 5.74) is 3.43. The van der Waals surface area contributed by atoms with Crippen molar-refractivity contribution in [1.29, 1.82) is 0 Å². The van der Waals surface area contributed by atoms with Crippen LogP contribution in [0.3, 0.4) is 0 Å². The lowest BCUT2D eigenvalue weighted by Gasteiger charge is -2.15. The molecule has 1 aromatic rings. The van der Waals surface area contributed by atoms with E-state index in [4.69, 9.17) is 10.2 Å². The van der Waals surface area contributed by atoms with E-state index < -0.39 is 24.6 Å². The Bertz CT molecular complexity index is 535. The predicted molar refractivity (Wildman–Crippen MR) is 86.4 cm³/mol. The average molecular weight is 320 g/mol. The molecule has 5 nitrogen and oxygen atoms in total. The van der Waals surface area contributed by atoms with Gasteiger partial charge in [-0.3, -0.25) is 4.89 Å². The molecule has 2 unspecified atom stereocenters. The molecule has 0 fully saturated rings. The molecule has 0 saturated heterocycles. The molecule has 23 heavy (non-hydrogen) atoms. The fourth-order valence-electron chi connectivity index (χ4n) is 2.52. The van der Waals surface area contributed by atoms with Gasteiger partial charge in [-0.1, -0.05) is 30.3 Å². The lowest BCUT2D eigenvalue weighted by Crippen LogP contribution is -2.22.